The normalized spacial score (nSPS) is 11.2. The Labute approximate surface area is 178 Å². The van der Waals surface area contributed by atoms with Crippen LogP contribution in [0.25, 0.3) is 6.08 Å². The molecule has 6 nitrogen and oxygen atoms in total. The van der Waals surface area contributed by atoms with E-state index < -0.39 is 0 Å². The van der Waals surface area contributed by atoms with Gasteiger partial charge in [0.25, 0.3) is 5.91 Å². The van der Waals surface area contributed by atoms with Crippen molar-refractivity contribution in [3.05, 3.63) is 59.7 Å². The molecule has 0 unspecified atom stereocenters. The fraction of sp³-hybridized carbons (Fsp3) is 0.333. The van der Waals surface area contributed by atoms with Gasteiger partial charge in [-0.15, -0.1) is 0 Å². The molecule has 2 rings (SSSR count). The molecule has 0 fully saturated rings. The Morgan fingerprint density at radius 3 is 2.30 bits per heavy atom. The van der Waals surface area contributed by atoms with E-state index >= 15 is 0 Å². The highest BCUT2D eigenvalue weighted by Gasteiger charge is 2.18. The Morgan fingerprint density at radius 1 is 0.967 bits per heavy atom. The second kappa shape index (κ2) is 10.5. The first-order chi connectivity index (χ1) is 14.2. The quantitative estimate of drug-likeness (QED) is 0.621. The summed E-state index contributed by atoms with van der Waals surface area (Å²) < 4.78 is 11.2. The summed E-state index contributed by atoms with van der Waals surface area (Å²) in [5.41, 5.74) is 1.29. The molecule has 2 amide bonds. The number of nitrogens with one attached hydrogen (secondary N) is 2. The third kappa shape index (κ3) is 6.95. The van der Waals surface area contributed by atoms with Gasteiger partial charge in [0.05, 0.1) is 24.5 Å². The number of para-hydroxylation sites is 1. The molecule has 0 aliphatic heterocycles. The molecular formula is C24H30N2O4. The summed E-state index contributed by atoms with van der Waals surface area (Å²) >= 11 is 0. The molecule has 0 atom stereocenters. The number of ether oxygens (including phenoxy) is 2. The maximum Gasteiger partial charge on any atom is 0.253 e. The number of benzene rings is 2. The van der Waals surface area contributed by atoms with Gasteiger partial charge in [0.15, 0.2) is 11.5 Å². The molecule has 2 N–H and O–H groups in total. The number of carbonyl (C=O) groups excluding carboxylic acids is 2. The summed E-state index contributed by atoms with van der Waals surface area (Å²) in [7, 11) is 0. The van der Waals surface area contributed by atoms with Crippen molar-refractivity contribution in [3.8, 4) is 11.5 Å². The number of hydrogen-bond acceptors (Lipinski definition) is 4. The molecule has 160 valence electrons. The number of anilines is 1. The number of amides is 2. The zero-order valence-corrected chi connectivity index (χ0v) is 18.2. The maximum atomic E-state index is 12.5. The van der Waals surface area contributed by atoms with Gasteiger partial charge in [0.2, 0.25) is 5.91 Å². The van der Waals surface area contributed by atoms with Crippen molar-refractivity contribution in [2.45, 2.75) is 40.2 Å². The van der Waals surface area contributed by atoms with Crippen molar-refractivity contribution in [3.63, 3.8) is 0 Å². The third-order valence-corrected chi connectivity index (χ3v) is 3.91. The molecule has 6 heteroatoms. The van der Waals surface area contributed by atoms with Crippen molar-refractivity contribution in [2.24, 2.45) is 0 Å². The van der Waals surface area contributed by atoms with E-state index in [2.05, 4.69) is 10.6 Å². The van der Waals surface area contributed by atoms with Crippen LogP contribution < -0.4 is 20.1 Å². The van der Waals surface area contributed by atoms with E-state index in [1.54, 1.807) is 30.3 Å². The Balaban J connectivity index is 2.14. The van der Waals surface area contributed by atoms with Gasteiger partial charge in [-0.25, -0.2) is 0 Å². The molecule has 0 saturated carbocycles. The Bertz CT molecular complexity index is 914. The molecule has 0 spiro atoms. The first kappa shape index (κ1) is 23.0. The van der Waals surface area contributed by atoms with Gasteiger partial charge >= 0.3 is 0 Å². The summed E-state index contributed by atoms with van der Waals surface area (Å²) in [5.74, 6) is 0.721. The molecule has 2 aromatic carbocycles. The van der Waals surface area contributed by atoms with Crippen molar-refractivity contribution in [1.29, 1.82) is 0 Å². The lowest BCUT2D eigenvalue weighted by Crippen LogP contribution is -2.40. The second-order valence-corrected chi connectivity index (χ2v) is 7.64. The van der Waals surface area contributed by atoms with E-state index in [9.17, 15) is 9.59 Å². The van der Waals surface area contributed by atoms with Crippen LogP contribution in [0.15, 0.2) is 48.5 Å². The van der Waals surface area contributed by atoms with Gasteiger partial charge in [0.1, 0.15) is 0 Å². The predicted octanol–water partition coefficient (Wildman–Crippen LogP) is 4.66. The smallest absolute Gasteiger partial charge is 0.253 e. The minimum absolute atomic E-state index is 0.241. The summed E-state index contributed by atoms with van der Waals surface area (Å²) in [6, 6.07) is 12.4. The largest absolute Gasteiger partial charge is 0.490 e. The third-order valence-electron chi connectivity index (χ3n) is 3.91. The highest BCUT2D eigenvalue weighted by molar-refractivity contribution is 6.07. The topological polar surface area (TPSA) is 76.7 Å². The van der Waals surface area contributed by atoms with E-state index in [0.717, 1.165) is 5.56 Å². The van der Waals surface area contributed by atoms with Gasteiger partial charge in [-0.3, -0.25) is 9.59 Å². The highest BCUT2D eigenvalue weighted by Crippen LogP contribution is 2.29. The molecular weight excluding hydrogens is 380 g/mol. The van der Waals surface area contributed by atoms with Crippen molar-refractivity contribution >= 4 is 23.6 Å². The van der Waals surface area contributed by atoms with Gasteiger partial charge in [-0.2, -0.15) is 0 Å². The monoisotopic (exact) mass is 410 g/mol. The van der Waals surface area contributed by atoms with E-state index in [1.165, 1.54) is 6.08 Å². The average molecular weight is 411 g/mol. The molecule has 0 aromatic heterocycles. The van der Waals surface area contributed by atoms with Crippen LogP contribution >= 0.6 is 0 Å². The lowest BCUT2D eigenvalue weighted by atomic mass is 10.1. The van der Waals surface area contributed by atoms with Crippen molar-refractivity contribution < 1.29 is 19.1 Å². The zero-order chi connectivity index (χ0) is 22.1. The molecule has 0 heterocycles. The van der Waals surface area contributed by atoms with Crippen molar-refractivity contribution in [2.75, 3.05) is 18.5 Å². The summed E-state index contributed by atoms with van der Waals surface area (Å²) in [5, 5.41) is 5.68. The van der Waals surface area contributed by atoms with Gasteiger partial charge in [0, 0.05) is 11.6 Å². The van der Waals surface area contributed by atoms with E-state index in [4.69, 9.17) is 9.47 Å². The average Bonchev–Trinajstić information content (AvgIpc) is 2.67. The highest BCUT2D eigenvalue weighted by atomic mass is 16.5. The predicted molar refractivity (Wildman–Crippen MR) is 120 cm³/mol. The lowest BCUT2D eigenvalue weighted by Gasteiger charge is -2.21. The van der Waals surface area contributed by atoms with Crippen LogP contribution in [0.5, 0.6) is 11.5 Å². The molecule has 30 heavy (non-hydrogen) atoms. The minimum Gasteiger partial charge on any atom is -0.490 e. The first-order valence-corrected chi connectivity index (χ1v) is 10.0. The summed E-state index contributed by atoms with van der Waals surface area (Å²) in [4.78, 5) is 25.0. The van der Waals surface area contributed by atoms with Crippen LogP contribution in [0.4, 0.5) is 5.69 Å². The fourth-order valence-corrected chi connectivity index (χ4v) is 2.72. The maximum absolute atomic E-state index is 12.5. The number of rotatable bonds is 8. The van der Waals surface area contributed by atoms with E-state index in [-0.39, 0.29) is 17.4 Å². The van der Waals surface area contributed by atoms with Crippen LogP contribution in [-0.2, 0) is 4.79 Å². The van der Waals surface area contributed by atoms with E-state index in [0.29, 0.717) is 36.0 Å². The summed E-state index contributed by atoms with van der Waals surface area (Å²) in [6.07, 6.45) is 3.11. The van der Waals surface area contributed by atoms with Crippen LogP contribution in [0, 0.1) is 0 Å². The number of carbonyl (C=O) groups is 2. The lowest BCUT2D eigenvalue weighted by molar-refractivity contribution is -0.111. The number of hydrogen-bond donors (Lipinski definition) is 2. The Hall–Kier alpha value is -3.28. The molecule has 0 saturated heterocycles. The molecule has 0 bridgehead atoms. The van der Waals surface area contributed by atoms with Crippen LogP contribution in [0.2, 0.25) is 0 Å². The van der Waals surface area contributed by atoms with Gasteiger partial charge < -0.3 is 20.1 Å². The fourth-order valence-electron chi connectivity index (χ4n) is 2.72. The summed E-state index contributed by atoms with van der Waals surface area (Å²) in [6.45, 7) is 10.6. The first-order valence-electron chi connectivity index (χ1n) is 10.0. The molecule has 0 aliphatic rings. The molecule has 2 aromatic rings. The second-order valence-electron chi connectivity index (χ2n) is 7.64. The molecule has 0 radical (unpaired) electrons. The SMILES string of the molecule is CCOc1ccc(C=CC(=O)Nc2ccccc2C(=O)NC(C)(C)C)cc1OCC. The Morgan fingerprint density at radius 2 is 1.63 bits per heavy atom. The van der Waals surface area contributed by atoms with E-state index in [1.807, 2.05) is 52.8 Å². The van der Waals surface area contributed by atoms with Crippen LogP contribution in [0.3, 0.4) is 0 Å². The van der Waals surface area contributed by atoms with Gasteiger partial charge in [-0.05, 0) is 70.5 Å². The van der Waals surface area contributed by atoms with Crippen molar-refractivity contribution in [1.82, 2.24) is 5.32 Å². The molecule has 0 aliphatic carbocycles. The zero-order valence-electron chi connectivity index (χ0n) is 18.2. The Kier molecular flexibility index (Phi) is 8.04. The van der Waals surface area contributed by atoms with Crippen LogP contribution in [-0.4, -0.2) is 30.6 Å². The minimum atomic E-state index is -0.375. The van der Waals surface area contributed by atoms with Crippen LogP contribution in [0.1, 0.15) is 50.5 Å². The standard InChI is InChI=1S/C24H30N2O4/c1-6-29-20-14-12-17(16-21(20)30-7-2)13-15-22(27)25-19-11-9-8-10-18(19)23(28)26-24(3,4)5/h8-16H,6-7H2,1-5H3,(H,25,27)(H,26,28). The van der Waals surface area contributed by atoms with Gasteiger partial charge in [-0.1, -0.05) is 18.2 Å².